The van der Waals surface area contributed by atoms with E-state index in [-0.39, 0.29) is 34.5 Å². The number of anilines is 1. The standard InChI is InChI=1S/C9H12N2O3S2.Na/c1-2-10-9(15)11-7-4-3-5-8(6-7)16(12,13)14;/h3-6H,2H2,1H3,(H2,10,11,15)(H,12,13,14);/q;+1/p-1. The molecule has 0 radical (unpaired) electrons. The molecular weight excluding hydrogens is 271 g/mol. The Bertz CT molecular complexity index is 491. The monoisotopic (exact) mass is 282 g/mol. The maximum atomic E-state index is 10.8. The van der Waals surface area contributed by atoms with Crippen LogP contribution in [0.2, 0.25) is 0 Å². The molecule has 88 valence electrons. The Kier molecular flexibility index (Phi) is 7.22. The molecule has 1 rings (SSSR count). The fourth-order valence-electron chi connectivity index (χ4n) is 1.07. The van der Waals surface area contributed by atoms with Gasteiger partial charge in [0.05, 0.1) is 4.90 Å². The summed E-state index contributed by atoms with van der Waals surface area (Å²) in [7, 11) is -4.43. The van der Waals surface area contributed by atoms with Crippen LogP contribution in [0.15, 0.2) is 29.2 Å². The van der Waals surface area contributed by atoms with Gasteiger partial charge in [-0.1, -0.05) is 6.07 Å². The number of thiocarbonyl (C=S) groups is 1. The smallest absolute Gasteiger partial charge is 0.744 e. The Morgan fingerprint density at radius 2 is 2.12 bits per heavy atom. The second-order valence-electron chi connectivity index (χ2n) is 2.97. The van der Waals surface area contributed by atoms with Gasteiger partial charge in [-0.05, 0) is 37.3 Å². The van der Waals surface area contributed by atoms with E-state index in [1.807, 2.05) is 6.92 Å². The van der Waals surface area contributed by atoms with Gasteiger partial charge in [0.1, 0.15) is 10.1 Å². The molecule has 0 amide bonds. The van der Waals surface area contributed by atoms with Crippen LogP contribution in [0, 0.1) is 0 Å². The average molecular weight is 282 g/mol. The first-order valence-electron chi connectivity index (χ1n) is 4.54. The van der Waals surface area contributed by atoms with Crippen LogP contribution in [0.5, 0.6) is 0 Å². The molecule has 0 unspecified atom stereocenters. The van der Waals surface area contributed by atoms with E-state index < -0.39 is 10.1 Å². The van der Waals surface area contributed by atoms with Gasteiger partial charge in [0, 0.05) is 12.2 Å². The molecule has 8 heteroatoms. The van der Waals surface area contributed by atoms with Crippen molar-refractivity contribution in [2.45, 2.75) is 11.8 Å². The molecule has 0 aliphatic rings. The summed E-state index contributed by atoms with van der Waals surface area (Å²) in [4.78, 5) is -0.281. The summed E-state index contributed by atoms with van der Waals surface area (Å²) in [5, 5.41) is 6.00. The first kappa shape index (κ1) is 16.8. The van der Waals surface area contributed by atoms with Crippen LogP contribution < -0.4 is 40.2 Å². The normalized spacial score (nSPS) is 10.2. The van der Waals surface area contributed by atoms with Gasteiger partial charge in [-0.3, -0.25) is 0 Å². The zero-order valence-corrected chi connectivity index (χ0v) is 13.2. The number of rotatable bonds is 3. The third-order valence-corrected chi connectivity index (χ3v) is 2.80. The predicted molar refractivity (Wildman–Crippen MR) is 64.3 cm³/mol. The minimum Gasteiger partial charge on any atom is -0.744 e. The molecule has 0 saturated heterocycles. The van der Waals surface area contributed by atoms with Crippen LogP contribution in [0.4, 0.5) is 5.69 Å². The summed E-state index contributed by atoms with van der Waals surface area (Å²) in [6.45, 7) is 2.54. The Morgan fingerprint density at radius 3 is 2.65 bits per heavy atom. The molecule has 1 aromatic rings. The largest absolute Gasteiger partial charge is 1.00 e. The van der Waals surface area contributed by atoms with Crippen LogP contribution >= 0.6 is 12.2 Å². The Balaban J connectivity index is 0.00000256. The quantitative estimate of drug-likeness (QED) is 0.375. The van der Waals surface area contributed by atoms with Crippen molar-refractivity contribution in [3.05, 3.63) is 24.3 Å². The first-order chi connectivity index (χ1) is 7.43. The molecule has 0 bridgehead atoms. The Hall–Kier alpha value is -0.180. The van der Waals surface area contributed by atoms with E-state index in [2.05, 4.69) is 10.6 Å². The topological polar surface area (TPSA) is 81.3 Å². The van der Waals surface area contributed by atoms with E-state index in [9.17, 15) is 13.0 Å². The van der Waals surface area contributed by atoms with Crippen molar-refractivity contribution in [3.8, 4) is 0 Å². The maximum Gasteiger partial charge on any atom is 1.00 e. The predicted octanol–water partition coefficient (Wildman–Crippen LogP) is -2.10. The fraction of sp³-hybridized carbons (Fsp3) is 0.222. The van der Waals surface area contributed by atoms with E-state index in [0.717, 1.165) is 0 Å². The van der Waals surface area contributed by atoms with Gasteiger partial charge in [-0.2, -0.15) is 0 Å². The molecule has 1 aromatic carbocycles. The Labute approximate surface area is 128 Å². The van der Waals surface area contributed by atoms with Crippen molar-refractivity contribution in [2.75, 3.05) is 11.9 Å². The molecule has 0 aliphatic carbocycles. The molecular formula is C9H11N2NaO3S2. The molecule has 17 heavy (non-hydrogen) atoms. The summed E-state index contributed by atoms with van der Waals surface area (Å²) in [5.74, 6) is 0. The van der Waals surface area contributed by atoms with Crippen molar-refractivity contribution in [1.29, 1.82) is 0 Å². The minimum absolute atomic E-state index is 0. The molecule has 0 spiro atoms. The summed E-state index contributed by atoms with van der Waals surface area (Å²) in [5.41, 5.74) is 0.461. The van der Waals surface area contributed by atoms with Crippen molar-refractivity contribution in [3.63, 3.8) is 0 Å². The van der Waals surface area contributed by atoms with Gasteiger partial charge >= 0.3 is 29.6 Å². The fourth-order valence-corrected chi connectivity index (χ4v) is 1.84. The second kappa shape index (κ2) is 7.30. The van der Waals surface area contributed by atoms with Crippen LogP contribution in [0.3, 0.4) is 0 Å². The number of nitrogens with one attached hydrogen (secondary N) is 2. The average Bonchev–Trinajstić information content (AvgIpc) is 2.17. The van der Waals surface area contributed by atoms with Crippen LogP contribution in [0.1, 0.15) is 6.92 Å². The van der Waals surface area contributed by atoms with Gasteiger partial charge in [-0.15, -0.1) is 0 Å². The summed E-state index contributed by atoms with van der Waals surface area (Å²) in [6, 6.07) is 5.58. The third kappa shape index (κ3) is 5.80. The zero-order valence-electron chi connectivity index (χ0n) is 9.56. The van der Waals surface area contributed by atoms with E-state index in [1.54, 1.807) is 6.07 Å². The molecule has 0 fully saturated rings. The Morgan fingerprint density at radius 1 is 1.47 bits per heavy atom. The van der Waals surface area contributed by atoms with Gasteiger partial charge in [0.25, 0.3) is 0 Å². The van der Waals surface area contributed by atoms with Crippen molar-refractivity contribution in [1.82, 2.24) is 5.32 Å². The van der Waals surface area contributed by atoms with Crippen molar-refractivity contribution < 1.29 is 42.5 Å². The van der Waals surface area contributed by atoms with Crippen molar-refractivity contribution >= 4 is 33.1 Å². The number of hydrogen-bond donors (Lipinski definition) is 2. The molecule has 0 atom stereocenters. The van der Waals surface area contributed by atoms with Crippen molar-refractivity contribution in [2.24, 2.45) is 0 Å². The van der Waals surface area contributed by atoms with E-state index >= 15 is 0 Å². The summed E-state index contributed by atoms with van der Waals surface area (Å²) >= 11 is 4.92. The van der Waals surface area contributed by atoms with Gasteiger partial charge < -0.3 is 15.2 Å². The minimum atomic E-state index is -4.43. The zero-order chi connectivity index (χ0) is 12.2. The molecule has 2 N–H and O–H groups in total. The summed E-state index contributed by atoms with van der Waals surface area (Å²) in [6.07, 6.45) is 0. The first-order valence-corrected chi connectivity index (χ1v) is 6.36. The number of benzene rings is 1. The third-order valence-electron chi connectivity index (χ3n) is 1.72. The molecule has 0 aromatic heterocycles. The molecule has 5 nitrogen and oxygen atoms in total. The van der Waals surface area contributed by atoms with Crippen LogP contribution in [-0.4, -0.2) is 24.6 Å². The van der Waals surface area contributed by atoms with Gasteiger partial charge in [-0.25, -0.2) is 8.42 Å². The van der Waals surface area contributed by atoms with Gasteiger partial charge in [0.15, 0.2) is 5.11 Å². The van der Waals surface area contributed by atoms with E-state index in [1.165, 1.54) is 18.2 Å². The SMILES string of the molecule is CCNC(=S)Nc1cccc(S(=O)(=O)[O-])c1.[Na+]. The van der Waals surface area contributed by atoms with Crippen LogP contribution in [-0.2, 0) is 10.1 Å². The number of hydrogen-bond acceptors (Lipinski definition) is 4. The van der Waals surface area contributed by atoms with E-state index in [4.69, 9.17) is 12.2 Å². The maximum absolute atomic E-state index is 10.8. The van der Waals surface area contributed by atoms with E-state index in [0.29, 0.717) is 17.3 Å². The second-order valence-corrected chi connectivity index (χ2v) is 4.75. The van der Waals surface area contributed by atoms with Crippen LogP contribution in [0.25, 0.3) is 0 Å². The molecule has 0 heterocycles. The van der Waals surface area contributed by atoms with Gasteiger partial charge in [0.2, 0.25) is 0 Å². The molecule has 0 aliphatic heterocycles. The summed E-state index contributed by atoms with van der Waals surface area (Å²) < 4.78 is 32.3. The molecule has 0 saturated carbocycles.